The number of amides is 1. The minimum atomic E-state index is -2.52. The Kier molecular flexibility index (Phi) is 7.75. The standard InChI is InChI=1S/C27H28F2N6O3/c1-17-12-19(4-7-22(17)27(36)33-14-21-13-30-9-11-37-21)34-25-26-32-15-23(35(26)10-8-31-25)18-2-5-20(6-3-18)38-16-24(28)29/h2-8,10,12,15,21,24,30H,9,11,13-14,16H2,1H3,(H,31,34)(H,33,36). The summed E-state index contributed by atoms with van der Waals surface area (Å²) in [6.07, 6.45) is 2.63. The van der Waals surface area contributed by atoms with Gasteiger partial charge >= 0.3 is 0 Å². The predicted molar refractivity (Wildman–Crippen MR) is 139 cm³/mol. The molecule has 5 rings (SSSR count). The first-order valence-corrected chi connectivity index (χ1v) is 12.3. The molecule has 11 heteroatoms. The Morgan fingerprint density at radius 3 is 2.82 bits per heavy atom. The van der Waals surface area contributed by atoms with E-state index in [0.29, 0.717) is 35.9 Å². The van der Waals surface area contributed by atoms with Crippen molar-refractivity contribution in [2.24, 2.45) is 0 Å². The van der Waals surface area contributed by atoms with Gasteiger partial charge in [0.15, 0.2) is 11.5 Å². The van der Waals surface area contributed by atoms with Gasteiger partial charge in [-0.15, -0.1) is 0 Å². The highest BCUT2D eigenvalue weighted by Crippen LogP contribution is 2.27. The van der Waals surface area contributed by atoms with Gasteiger partial charge in [0.05, 0.1) is 24.6 Å². The van der Waals surface area contributed by atoms with E-state index >= 15 is 0 Å². The van der Waals surface area contributed by atoms with Crippen LogP contribution in [0, 0.1) is 6.92 Å². The molecule has 4 aromatic rings. The molecule has 1 amide bonds. The molecule has 0 spiro atoms. The summed E-state index contributed by atoms with van der Waals surface area (Å²) in [6, 6.07) is 12.4. The number of aromatic nitrogens is 3. The molecule has 2 aromatic heterocycles. The summed E-state index contributed by atoms with van der Waals surface area (Å²) in [7, 11) is 0. The van der Waals surface area contributed by atoms with Crippen molar-refractivity contribution in [3.63, 3.8) is 0 Å². The zero-order chi connectivity index (χ0) is 26.5. The molecule has 0 bridgehead atoms. The number of carbonyl (C=O) groups excluding carboxylic acids is 1. The number of imidazole rings is 1. The van der Waals surface area contributed by atoms with Crippen molar-refractivity contribution in [2.45, 2.75) is 19.5 Å². The zero-order valence-corrected chi connectivity index (χ0v) is 20.8. The first-order valence-electron chi connectivity index (χ1n) is 12.3. The maximum Gasteiger partial charge on any atom is 0.272 e. The lowest BCUT2D eigenvalue weighted by Crippen LogP contribution is -2.45. The van der Waals surface area contributed by atoms with Gasteiger partial charge < -0.3 is 25.4 Å². The fourth-order valence-electron chi connectivity index (χ4n) is 4.29. The van der Waals surface area contributed by atoms with Crippen LogP contribution in [0.4, 0.5) is 20.3 Å². The molecule has 1 aliphatic rings. The molecule has 2 aromatic carbocycles. The minimum absolute atomic E-state index is 0.0308. The second kappa shape index (κ2) is 11.5. The maximum atomic E-state index is 12.7. The number of carbonyl (C=O) groups is 1. The van der Waals surface area contributed by atoms with Crippen LogP contribution in [0.2, 0.25) is 0 Å². The fourth-order valence-corrected chi connectivity index (χ4v) is 4.29. The third-order valence-corrected chi connectivity index (χ3v) is 6.18. The van der Waals surface area contributed by atoms with Crippen molar-refractivity contribution < 1.29 is 23.0 Å². The van der Waals surface area contributed by atoms with Crippen molar-refractivity contribution >= 4 is 23.1 Å². The number of alkyl halides is 2. The molecule has 1 fully saturated rings. The Hall–Kier alpha value is -4.09. The molecule has 1 saturated heterocycles. The van der Waals surface area contributed by atoms with Crippen LogP contribution < -0.4 is 20.7 Å². The van der Waals surface area contributed by atoms with Crippen LogP contribution in [0.3, 0.4) is 0 Å². The number of nitrogens with zero attached hydrogens (tertiary/aromatic N) is 3. The monoisotopic (exact) mass is 522 g/mol. The molecule has 3 N–H and O–H groups in total. The van der Waals surface area contributed by atoms with Crippen LogP contribution in [0.25, 0.3) is 16.9 Å². The lowest BCUT2D eigenvalue weighted by Gasteiger charge is -2.23. The number of ether oxygens (including phenoxy) is 2. The third kappa shape index (κ3) is 5.90. The Balaban J connectivity index is 1.29. The van der Waals surface area contributed by atoms with Crippen molar-refractivity contribution in [2.75, 3.05) is 38.2 Å². The van der Waals surface area contributed by atoms with E-state index < -0.39 is 13.0 Å². The summed E-state index contributed by atoms with van der Waals surface area (Å²) in [5.74, 6) is 0.778. The minimum Gasteiger partial charge on any atom is -0.488 e. The Morgan fingerprint density at radius 2 is 2.08 bits per heavy atom. The van der Waals surface area contributed by atoms with Crippen LogP contribution in [0.5, 0.6) is 5.75 Å². The number of rotatable bonds is 9. The largest absolute Gasteiger partial charge is 0.488 e. The first-order chi connectivity index (χ1) is 18.5. The molecule has 1 aliphatic heterocycles. The average Bonchev–Trinajstić information content (AvgIpc) is 3.37. The third-order valence-electron chi connectivity index (χ3n) is 6.18. The van der Waals surface area contributed by atoms with Gasteiger partial charge in [-0.3, -0.25) is 9.20 Å². The molecule has 1 unspecified atom stereocenters. The first kappa shape index (κ1) is 25.6. The number of hydrogen-bond acceptors (Lipinski definition) is 7. The van der Waals surface area contributed by atoms with Gasteiger partial charge in [0, 0.05) is 48.8 Å². The van der Waals surface area contributed by atoms with Crippen molar-refractivity contribution in [1.82, 2.24) is 25.0 Å². The van der Waals surface area contributed by atoms with Gasteiger partial charge in [-0.1, -0.05) is 0 Å². The van der Waals surface area contributed by atoms with E-state index in [4.69, 9.17) is 9.47 Å². The highest BCUT2D eigenvalue weighted by Gasteiger charge is 2.17. The highest BCUT2D eigenvalue weighted by molar-refractivity contribution is 5.96. The quantitative estimate of drug-likeness (QED) is 0.307. The lowest BCUT2D eigenvalue weighted by molar-refractivity contribution is 0.0287. The predicted octanol–water partition coefficient (Wildman–Crippen LogP) is 3.81. The molecule has 198 valence electrons. The van der Waals surface area contributed by atoms with Crippen molar-refractivity contribution in [1.29, 1.82) is 0 Å². The van der Waals surface area contributed by atoms with Crippen LogP contribution in [0.15, 0.2) is 61.1 Å². The zero-order valence-electron chi connectivity index (χ0n) is 20.8. The molecule has 38 heavy (non-hydrogen) atoms. The van der Waals surface area contributed by atoms with Crippen molar-refractivity contribution in [3.05, 3.63) is 72.2 Å². The van der Waals surface area contributed by atoms with E-state index in [-0.39, 0.29) is 12.0 Å². The van der Waals surface area contributed by atoms with Crippen LogP contribution >= 0.6 is 0 Å². The summed E-state index contributed by atoms with van der Waals surface area (Å²) in [6.45, 7) is 3.88. The fraction of sp³-hybridized carbons (Fsp3) is 0.296. The number of anilines is 2. The molecule has 9 nitrogen and oxygen atoms in total. The van der Waals surface area contributed by atoms with Gasteiger partial charge in [-0.05, 0) is 55.0 Å². The van der Waals surface area contributed by atoms with Crippen molar-refractivity contribution in [3.8, 4) is 17.0 Å². The second-order valence-electron chi connectivity index (χ2n) is 8.90. The van der Waals surface area contributed by atoms with Gasteiger partial charge in [0.1, 0.15) is 12.4 Å². The van der Waals surface area contributed by atoms with E-state index in [1.807, 2.05) is 23.5 Å². The number of hydrogen-bond donors (Lipinski definition) is 3. The highest BCUT2D eigenvalue weighted by atomic mass is 19.3. The SMILES string of the molecule is Cc1cc(Nc2nccn3c(-c4ccc(OCC(F)F)cc4)cnc23)ccc1C(=O)NCC1CNCCO1. The molecular weight excluding hydrogens is 494 g/mol. The lowest BCUT2D eigenvalue weighted by atomic mass is 10.1. The van der Waals surface area contributed by atoms with E-state index in [2.05, 4.69) is 25.9 Å². The van der Waals surface area contributed by atoms with E-state index in [1.165, 1.54) is 0 Å². The molecule has 0 radical (unpaired) electrons. The van der Waals surface area contributed by atoms with Gasteiger partial charge in [-0.25, -0.2) is 18.7 Å². The summed E-state index contributed by atoms with van der Waals surface area (Å²) in [5.41, 5.74) is 4.45. The van der Waals surface area contributed by atoms with Crippen LogP contribution in [-0.4, -0.2) is 65.7 Å². The van der Waals surface area contributed by atoms with E-state index in [9.17, 15) is 13.6 Å². The number of aryl methyl sites for hydroxylation is 1. The Morgan fingerprint density at radius 1 is 1.24 bits per heavy atom. The average molecular weight is 523 g/mol. The Bertz CT molecular complexity index is 1400. The van der Waals surface area contributed by atoms with Crippen LogP contribution in [-0.2, 0) is 4.74 Å². The van der Waals surface area contributed by atoms with Gasteiger partial charge in [0.2, 0.25) is 0 Å². The van der Waals surface area contributed by atoms with E-state index in [1.54, 1.807) is 48.9 Å². The summed E-state index contributed by atoms with van der Waals surface area (Å²) < 4.78 is 37.4. The normalized spacial score (nSPS) is 15.5. The smallest absolute Gasteiger partial charge is 0.272 e. The summed E-state index contributed by atoms with van der Waals surface area (Å²) in [4.78, 5) is 21.7. The van der Waals surface area contributed by atoms with Gasteiger partial charge in [0.25, 0.3) is 12.3 Å². The topological polar surface area (TPSA) is 102 Å². The molecule has 1 atom stereocenters. The number of fused-ring (bicyclic) bond motifs is 1. The summed E-state index contributed by atoms with van der Waals surface area (Å²) >= 11 is 0. The second-order valence-corrected chi connectivity index (χ2v) is 8.90. The summed E-state index contributed by atoms with van der Waals surface area (Å²) in [5, 5.41) is 9.49. The number of benzene rings is 2. The molecular formula is C27H28F2N6O3. The van der Waals surface area contributed by atoms with E-state index in [0.717, 1.165) is 35.6 Å². The molecule has 3 heterocycles. The maximum absolute atomic E-state index is 12.7. The van der Waals surface area contributed by atoms with Crippen LogP contribution in [0.1, 0.15) is 15.9 Å². The number of morpholine rings is 1. The molecule has 0 aliphatic carbocycles. The number of nitrogens with one attached hydrogen (secondary N) is 3. The van der Waals surface area contributed by atoms with Gasteiger partial charge in [-0.2, -0.15) is 0 Å². The number of halogens is 2. The molecule has 0 saturated carbocycles. The Labute approximate surface area is 218 Å².